The van der Waals surface area contributed by atoms with E-state index in [-0.39, 0.29) is 29.6 Å². The van der Waals surface area contributed by atoms with E-state index in [1.165, 1.54) is 0 Å². The van der Waals surface area contributed by atoms with Gasteiger partial charge < -0.3 is 19.8 Å². The lowest BCUT2D eigenvalue weighted by molar-refractivity contribution is -0.148. The Balaban J connectivity index is 2.08. The van der Waals surface area contributed by atoms with Crippen LogP contribution in [0.2, 0.25) is 0 Å². The van der Waals surface area contributed by atoms with Crippen LogP contribution in [0.25, 0.3) is 0 Å². The van der Waals surface area contributed by atoms with Crippen molar-refractivity contribution in [3.8, 4) is 0 Å². The van der Waals surface area contributed by atoms with Crippen molar-refractivity contribution in [2.75, 3.05) is 26.2 Å². The minimum absolute atomic E-state index is 0.0114. The van der Waals surface area contributed by atoms with Crippen molar-refractivity contribution < 1.29 is 19.5 Å². The molecule has 0 aromatic rings. The number of hydrogen-bond donors (Lipinski definition) is 1. The second-order valence-electron chi connectivity index (χ2n) is 10.8. The average Bonchev–Trinajstić information content (AvgIpc) is 3.42. The van der Waals surface area contributed by atoms with Crippen molar-refractivity contribution in [1.82, 2.24) is 14.7 Å². The molecule has 0 aromatic heterocycles. The number of likely N-dealkylation sites (tertiary alicyclic amines) is 1. The van der Waals surface area contributed by atoms with Crippen molar-refractivity contribution in [3.05, 3.63) is 25.3 Å². The maximum Gasteiger partial charge on any atom is 0.247 e. The Labute approximate surface area is 208 Å². The summed E-state index contributed by atoms with van der Waals surface area (Å²) in [6.07, 6.45) is 5.78. The highest BCUT2D eigenvalue weighted by atomic mass is 32.2. The number of thioether (sulfide) groups is 1. The maximum atomic E-state index is 14.2. The molecule has 3 amide bonds. The number of fused-ring (bicyclic) bond motifs is 1. The molecule has 34 heavy (non-hydrogen) atoms. The van der Waals surface area contributed by atoms with Crippen LogP contribution < -0.4 is 0 Å². The average molecular weight is 492 g/mol. The van der Waals surface area contributed by atoms with Crippen molar-refractivity contribution >= 4 is 29.5 Å². The summed E-state index contributed by atoms with van der Waals surface area (Å²) in [7, 11) is 0. The summed E-state index contributed by atoms with van der Waals surface area (Å²) in [5, 5.41) is 10.0. The number of aliphatic hydroxyl groups excluding tert-OH is 1. The lowest BCUT2D eigenvalue weighted by Crippen LogP contribution is -2.60. The predicted octanol–water partition coefficient (Wildman–Crippen LogP) is 2.70. The molecular weight excluding hydrogens is 450 g/mol. The van der Waals surface area contributed by atoms with Gasteiger partial charge in [0.2, 0.25) is 17.7 Å². The highest BCUT2D eigenvalue weighted by molar-refractivity contribution is 8.02. The van der Waals surface area contributed by atoms with E-state index < -0.39 is 34.2 Å². The summed E-state index contributed by atoms with van der Waals surface area (Å²) in [5.74, 6) is -1.31. The molecule has 3 heterocycles. The monoisotopic (exact) mass is 491 g/mol. The number of carbonyl (C=O) groups excluding carboxylic acids is 3. The van der Waals surface area contributed by atoms with Gasteiger partial charge in [-0.2, -0.15) is 0 Å². The Morgan fingerprint density at radius 1 is 1.26 bits per heavy atom. The molecule has 1 N–H and O–H groups in total. The molecule has 2 unspecified atom stereocenters. The minimum atomic E-state index is -0.710. The second-order valence-corrected chi connectivity index (χ2v) is 12.4. The molecule has 6 atom stereocenters. The Morgan fingerprint density at radius 2 is 1.91 bits per heavy atom. The molecule has 3 rings (SSSR count). The number of amides is 3. The molecule has 8 heteroatoms. The normalized spacial score (nSPS) is 30.8. The van der Waals surface area contributed by atoms with Crippen LogP contribution in [0.5, 0.6) is 0 Å². The molecule has 3 saturated heterocycles. The van der Waals surface area contributed by atoms with E-state index in [9.17, 15) is 19.5 Å². The molecule has 0 aromatic carbocycles. The summed E-state index contributed by atoms with van der Waals surface area (Å²) in [6.45, 7) is 18.6. The van der Waals surface area contributed by atoms with Gasteiger partial charge in [-0.3, -0.25) is 14.4 Å². The molecule has 3 aliphatic rings. The first-order valence-electron chi connectivity index (χ1n) is 12.4. The van der Waals surface area contributed by atoms with Gasteiger partial charge >= 0.3 is 0 Å². The largest absolute Gasteiger partial charge is 0.394 e. The number of hydrogen-bond acceptors (Lipinski definition) is 5. The van der Waals surface area contributed by atoms with E-state index in [1.54, 1.807) is 45.5 Å². The quantitative estimate of drug-likeness (QED) is 0.475. The zero-order chi connectivity index (χ0) is 25.4. The van der Waals surface area contributed by atoms with Crippen LogP contribution in [-0.4, -0.2) is 91.4 Å². The lowest BCUT2D eigenvalue weighted by atomic mass is 9.70. The van der Waals surface area contributed by atoms with Crippen LogP contribution in [0.15, 0.2) is 25.3 Å². The van der Waals surface area contributed by atoms with Gasteiger partial charge in [-0.05, 0) is 47.0 Å². The van der Waals surface area contributed by atoms with E-state index in [1.807, 2.05) is 27.7 Å². The molecule has 0 saturated carbocycles. The Hall–Kier alpha value is -1.80. The van der Waals surface area contributed by atoms with E-state index in [4.69, 9.17) is 0 Å². The molecular formula is C26H41N3O4S. The third kappa shape index (κ3) is 4.21. The fraction of sp³-hybridized carbons (Fsp3) is 0.731. The molecule has 7 nitrogen and oxygen atoms in total. The van der Waals surface area contributed by atoms with Crippen LogP contribution in [0, 0.1) is 11.8 Å². The van der Waals surface area contributed by atoms with Gasteiger partial charge in [0.1, 0.15) is 6.04 Å². The van der Waals surface area contributed by atoms with E-state index in [0.717, 1.165) is 19.3 Å². The Morgan fingerprint density at radius 3 is 2.44 bits per heavy atom. The van der Waals surface area contributed by atoms with E-state index in [0.29, 0.717) is 19.6 Å². The maximum absolute atomic E-state index is 14.2. The summed E-state index contributed by atoms with van der Waals surface area (Å²) >= 11 is 1.67. The fourth-order valence-corrected chi connectivity index (χ4v) is 8.31. The Kier molecular flexibility index (Phi) is 7.92. The Bertz CT molecular complexity index is 840. The zero-order valence-electron chi connectivity index (χ0n) is 21.3. The fourth-order valence-electron chi connectivity index (χ4n) is 6.11. The van der Waals surface area contributed by atoms with E-state index in [2.05, 4.69) is 13.2 Å². The van der Waals surface area contributed by atoms with Gasteiger partial charge in [-0.15, -0.1) is 24.9 Å². The standard InChI is InChI=1S/C26H41N3O4S/c1-8-13-27(14-9-2)22(31)19-18-11-12-26(34-18)20(19)23(32)29(17(4)16-30)21(26)24(33)28(15-10-3)25(5,6)7/h8,10,17-21,30H,1,3,9,11-16H2,2,4-7H3/t17-,18-,19+,20+,21?,26?/m1/s1. The molecule has 2 bridgehead atoms. The van der Waals surface area contributed by atoms with Crippen molar-refractivity contribution in [2.24, 2.45) is 11.8 Å². The smallest absolute Gasteiger partial charge is 0.247 e. The molecule has 1 spiro atoms. The molecule has 3 aliphatic heterocycles. The number of nitrogens with zero attached hydrogens (tertiary/aromatic N) is 3. The summed E-state index contributed by atoms with van der Waals surface area (Å²) in [5.41, 5.74) is -0.463. The van der Waals surface area contributed by atoms with Crippen LogP contribution in [0.4, 0.5) is 0 Å². The van der Waals surface area contributed by atoms with E-state index >= 15 is 0 Å². The predicted molar refractivity (Wildman–Crippen MR) is 136 cm³/mol. The van der Waals surface area contributed by atoms with Crippen LogP contribution >= 0.6 is 11.8 Å². The second kappa shape index (κ2) is 10.1. The van der Waals surface area contributed by atoms with Crippen molar-refractivity contribution in [1.29, 1.82) is 0 Å². The molecule has 0 aliphatic carbocycles. The van der Waals surface area contributed by atoms with Gasteiger partial charge in [0.25, 0.3) is 0 Å². The minimum Gasteiger partial charge on any atom is -0.394 e. The number of aliphatic hydroxyl groups is 1. The SMILES string of the molecule is C=CCN(CCC)C(=O)[C@@H]1[C@H]2C(=O)N([C@H](C)CO)C(C(=O)N(CC=C)C(C)(C)C)C23CC[C@H]1S3. The van der Waals surface area contributed by atoms with Crippen LogP contribution in [0.1, 0.15) is 53.9 Å². The zero-order valence-corrected chi connectivity index (χ0v) is 22.1. The first-order chi connectivity index (χ1) is 16.0. The lowest BCUT2D eigenvalue weighted by Gasteiger charge is -2.43. The number of carbonyl (C=O) groups is 3. The molecule has 3 fully saturated rings. The van der Waals surface area contributed by atoms with Gasteiger partial charge in [0.05, 0.1) is 29.2 Å². The van der Waals surface area contributed by atoms with Crippen molar-refractivity contribution in [2.45, 2.75) is 81.5 Å². The molecule has 190 valence electrons. The first kappa shape index (κ1) is 26.8. The van der Waals surface area contributed by atoms with Crippen LogP contribution in [0.3, 0.4) is 0 Å². The van der Waals surface area contributed by atoms with Crippen LogP contribution in [-0.2, 0) is 14.4 Å². The summed E-state index contributed by atoms with van der Waals surface area (Å²) in [4.78, 5) is 47.1. The summed E-state index contributed by atoms with van der Waals surface area (Å²) < 4.78 is -0.653. The highest BCUT2D eigenvalue weighted by Crippen LogP contribution is 2.67. The topological polar surface area (TPSA) is 81.2 Å². The van der Waals surface area contributed by atoms with Gasteiger partial charge in [-0.1, -0.05) is 19.1 Å². The van der Waals surface area contributed by atoms with Crippen molar-refractivity contribution in [3.63, 3.8) is 0 Å². The third-order valence-corrected chi connectivity index (χ3v) is 9.49. The van der Waals surface area contributed by atoms with Gasteiger partial charge in [0.15, 0.2) is 0 Å². The van der Waals surface area contributed by atoms with Gasteiger partial charge in [0, 0.05) is 30.4 Å². The number of rotatable bonds is 10. The highest BCUT2D eigenvalue weighted by Gasteiger charge is 2.74. The molecule has 0 radical (unpaired) electrons. The summed E-state index contributed by atoms with van der Waals surface area (Å²) in [6, 6.07) is -1.22. The van der Waals surface area contributed by atoms with Gasteiger partial charge in [-0.25, -0.2) is 0 Å². The third-order valence-electron chi connectivity index (χ3n) is 7.54. The first-order valence-corrected chi connectivity index (χ1v) is 13.3.